The first-order chi connectivity index (χ1) is 4.75. The first kappa shape index (κ1) is 7.29. The van der Waals surface area contributed by atoms with Crippen molar-refractivity contribution in [3.05, 3.63) is 35.5 Å². The Kier molecular flexibility index (Phi) is 2.07. The predicted molar refractivity (Wildman–Crippen MR) is 42.7 cm³/mol. The topological polar surface area (TPSA) is 20.2 Å². The summed E-state index contributed by atoms with van der Waals surface area (Å²) in [6.07, 6.45) is 4.76. The number of allylic oxidation sites excluding steroid dienone is 4. The second-order valence-electron chi connectivity index (χ2n) is 2.49. The van der Waals surface area contributed by atoms with Gasteiger partial charge < -0.3 is 5.11 Å². The Hall–Kier alpha value is -0.820. The zero-order valence-electron chi connectivity index (χ0n) is 6.22. The van der Waals surface area contributed by atoms with E-state index in [1.54, 1.807) is 0 Å². The molecule has 1 heteroatoms. The summed E-state index contributed by atoms with van der Waals surface area (Å²) in [4.78, 5) is 0. The van der Waals surface area contributed by atoms with Crippen molar-refractivity contribution in [2.45, 2.75) is 13.3 Å². The van der Waals surface area contributed by atoms with E-state index in [1.807, 2.05) is 19.1 Å². The Morgan fingerprint density at radius 1 is 1.50 bits per heavy atom. The maximum absolute atomic E-state index is 8.66. The molecule has 10 heavy (non-hydrogen) atoms. The van der Waals surface area contributed by atoms with Gasteiger partial charge in [0.05, 0.1) is 0 Å². The Bertz CT molecular complexity index is 209. The Morgan fingerprint density at radius 2 is 2.20 bits per heavy atom. The number of aliphatic hydroxyl groups is 1. The fourth-order valence-corrected chi connectivity index (χ4v) is 1.15. The Labute approximate surface area is 61.4 Å². The van der Waals surface area contributed by atoms with E-state index < -0.39 is 0 Å². The van der Waals surface area contributed by atoms with E-state index in [-0.39, 0.29) is 6.61 Å². The fourth-order valence-electron chi connectivity index (χ4n) is 1.15. The summed E-state index contributed by atoms with van der Waals surface area (Å²) >= 11 is 0. The van der Waals surface area contributed by atoms with E-state index in [0.717, 1.165) is 12.0 Å². The monoisotopic (exact) mass is 136 g/mol. The van der Waals surface area contributed by atoms with Crippen molar-refractivity contribution in [3.63, 3.8) is 0 Å². The predicted octanol–water partition coefficient (Wildman–Crippen LogP) is 1.81. The summed E-state index contributed by atoms with van der Waals surface area (Å²) in [7, 11) is 0. The van der Waals surface area contributed by atoms with Gasteiger partial charge in [0.2, 0.25) is 0 Å². The summed E-state index contributed by atoms with van der Waals surface area (Å²) in [6.45, 7) is 6.11. The number of rotatable bonds is 2. The highest BCUT2D eigenvalue weighted by Gasteiger charge is 2.07. The van der Waals surface area contributed by atoms with Crippen LogP contribution in [0.15, 0.2) is 35.5 Å². The Morgan fingerprint density at radius 3 is 2.60 bits per heavy atom. The average Bonchev–Trinajstić information content (AvgIpc) is 2.20. The normalized spacial score (nSPS) is 17.2. The molecular formula is C9H12O. The van der Waals surface area contributed by atoms with E-state index in [0.29, 0.717) is 0 Å². The third-order valence-electron chi connectivity index (χ3n) is 1.76. The molecule has 0 radical (unpaired) electrons. The van der Waals surface area contributed by atoms with Gasteiger partial charge in [-0.3, -0.25) is 0 Å². The van der Waals surface area contributed by atoms with Gasteiger partial charge >= 0.3 is 0 Å². The van der Waals surface area contributed by atoms with Crippen LogP contribution in [0.25, 0.3) is 0 Å². The molecule has 0 heterocycles. The van der Waals surface area contributed by atoms with Crippen molar-refractivity contribution in [3.8, 4) is 0 Å². The minimum Gasteiger partial charge on any atom is -0.396 e. The highest BCUT2D eigenvalue weighted by molar-refractivity contribution is 5.51. The maximum atomic E-state index is 8.66. The van der Waals surface area contributed by atoms with Gasteiger partial charge in [-0.2, -0.15) is 0 Å². The van der Waals surface area contributed by atoms with Crippen molar-refractivity contribution in [2.24, 2.45) is 0 Å². The lowest BCUT2D eigenvalue weighted by molar-refractivity contribution is 0.300. The molecule has 0 amide bonds. The van der Waals surface area contributed by atoms with Crippen LogP contribution < -0.4 is 0 Å². The van der Waals surface area contributed by atoms with Crippen LogP contribution in [-0.2, 0) is 0 Å². The molecule has 1 nitrogen and oxygen atoms in total. The van der Waals surface area contributed by atoms with E-state index >= 15 is 0 Å². The molecule has 1 aliphatic carbocycles. The van der Waals surface area contributed by atoms with Crippen LogP contribution in [0.3, 0.4) is 0 Å². The molecule has 0 spiro atoms. The van der Waals surface area contributed by atoms with E-state index in [2.05, 4.69) is 6.58 Å². The molecule has 0 unspecified atom stereocenters. The highest BCUT2D eigenvalue weighted by atomic mass is 16.2. The molecule has 1 aliphatic rings. The van der Waals surface area contributed by atoms with Crippen molar-refractivity contribution in [1.82, 2.24) is 0 Å². The molecule has 0 fully saturated rings. The molecule has 0 atom stereocenters. The SMILES string of the molecule is C=C1C=CC(C)=C1CCO. The van der Waals surface area contributed by atoms with Gasteiger partial charge in [0.1, 0.15) is 0 Å². The van der Waals surface area contributed by atoms with Crippen molar-refractivity contribution in [1.29, 1.82) is 0 Å². The van der Waals surface area contributed by atoms with Crippen LogP contribution >= 0.6 is 0 Å². The van der Waals surface area contributed by atoms with Crippen LogP contribution in [0.5, 0.6) is 0 Å². The fraction of sp³-hybridized carbons (Fsp3) is 0.333. The third-order valence-corrected chi connectivity index (χ3v) is 1.76. The van der Waals surface area contributed by atoms with Gasteiger partial charge in [-0.1, -0.05) is 18.7 Å². The Balaban J connectivity index is 2.75. The minimum atomic E-state index is 0.216. The van der Waals surface area contributed by atoms with Crippen LogP contribution in [0.2, 0.25) is 0 Å². The molecule has 0 aromatic rings. The summed E-state index contributed by atoms with van der Waals surface area (Å²) < 4.78 is 0. The molecule has 0 bridgehead atoms. The summed E-state index contributed by atoms with van der Waals surface area (Å²) in [6, 6.07) is 0. The molecular weight excluding hydrogens is 124 g/mol. The molecule has 0 aliphatic heterocycles. The average molecular weight is 136 g/mol. The zero-order chi connectivity index (χ0) is 7.56. The standard InChI is InChI=1S/C9H12O/c1-7-3-4-8(2)9(7)5-6-10/h3-4,10H,1,5-6H2,2H3. The van der Waals surface area contributed by atoms with Crippen molar-refractivity contribution in [2.75, 3.05) is 6.61 Å². The van der Waals surface area contributed by atoms with Gasteiger partial charge in [0.15, 0.2) is 0 Å². The van der Waals surface area contributed by atoms with Crippen LogP contribution in [0.1, 0.15) is 13.3 Å². The van der Waals surface area contributed by atoms with Crippen LogP contribution in [0, 0.1) is 0 Å². The lowest BCUT2D eigenvalue weighted by Gasteiger charge is -2.01. The van der Waals surface area contributed by atoms with Crippen molar-refractivity contribution >= 4 is 0 Å². The second-order valence-corrected chi connectivity index (χ2v) is 2.49. The number of hydrogen-bond acceptors (Lipinski definition) is 1. The molecule has 0 aromatic carbocycles. The lowest BCUT2D eigenvalue weighted by Crippen LogP contribution is -1.89. The van der Waals surface area contributed by atoms with E-state index in [1.165, 1.54) is 11.1 Å². The largest absolute Gasteiger partial charge is 0.396 e. The summed E-state index contributed by atoms with van der Waals surface area (Å²) in [5.74, 6) is 0. The molecule has 0 saturated carbocycles. The van der Waals surface area contributed by atoms with Crippen LogP contribution in [0.4, 0.5) is 0 Å². The molecule has 0 saturated heterocycles. The van der Waals surface area contributed by atoms with E-state index in [4.69, 9.17) is 5.11 Å². The molecule has 0 aromatic heterocycles. The van der Waals surface area contributed by atoms with Gasteiger partial charge in [-0.25, -0.2) is 0 Å². The maximum Gasteiger partial charge on any atom is 0.0471 e. The molecule has 1 rings (SSSR count). The first-order valence-electron chi connectivity index (χ1n) is 3.43. The second kappa shape index (κ2) is 2.84. The summed E-state index contributed by atoms with van der Waals surface area (Å²) in [5, 5.41) is 8.66. The minimum absolute atomic E-state index is 0.216. The van der Waals surface area contributed by atoms with Crippen molar-refractivity contribution < 1.29 is 5.11 Å². The first-order valence-corrected chi connectivity index (χ1v) is 3.43. The molecule has 1 N–H and O–H groups in total. The molecule has 54 valence electrons. The number of aliphatic hydroxyl groups excluding tert-OH is 1. The lowest BCUT2D eigenvalue weighted by atomic mass is 10.1. The highest BCUT2D eigenvalue weighted by Crippen LogP contribution is 2.24. The number of hydrogen-bond donors (Lipinski definition) is 1. The smallest absolute Gasteiger partial charge is 0.0471 e. The summed E-state index contributed by atoms with van der Waals surface area (Å²) in [5.41, 5.74) is 3.48. The van der Waals surface area contributed by atoms with Gasteiger partial charge in [-0.05, 0) is 30.1 Å². The zero-order valence-corrected chi connectivity index (χ0v) is 6.22. The van der Waals surface area contributed by atoms with Crippen LogP contribution in [-0.4, -0.2) is 11.7 Å². The quantitative estimate of drug-likeness (QED) is 0.613. The third kappa shape index (κ3) is 1.19. The van der Waals surface area contributed by atoms with Gasteiger partial charge in [-0.15, -0.1) is 0 Å². The van der Waals surface area contributed by atoms with Gasteiger partial charge in [0, 0.05) is 6.61 Å². The van der Waals surface area contributed by atoms with Gasteiger partial charge in [0.25, 0.3) is 0 Å². The van der Waals surface area contributed by atoms with E-state index in [9.17, 15) is 0 Å².